The molecule has 0 saturated heterocycles. The number of aromatic amines is 1. The summed E-state index contributed by atoms with van der Waals surface area (Å²) in [6.45, 7) is 0. The maximum atomic E-state index is 13.5. The van der Waals surface area contributed by atoms with Gasteiger partial charge in [-0.05, 0) is 29.8 Å². The topological polar surface area (TPSA) is 58.6 Å². The van der Waals surface area contributed by atoms with Crippen molar-refractivity contribution in [1.82, 2.24) is 15.0 Å². The van der Waals surface area contributed by atoms with E-state index >= 15 is 0 Å². The smallest absolute Gasteiger partial charge is 0.305 e. The van der Waals surface area contributed by atoms with Crippen LogP contribution >= 0.6 is 34.8 Å². The Hall–Kier alpha value is -2.09. The first kappa shape index (κ1) is 19.7. The van der Waals surface area contributed by atoms with Gasteiger partial charge in [0.1, 0.15) is 10.8 Å². The number of H-pyrrole nitrogens is 1. The van der Waals surface area contributed by atoms with Gasteiger partial charge < -0.3 is 4.98 Å². The monoisotopic (exact) mass is 433 g/mol. The molecule has 4 nitrogen and oxygen atoms in total. The average Bonchev–Trinajstić information content (AvgIpc) is 2.58. The van der Waals surface area contributed by atoms with Gasteiger partial charge >= 0.3 is 6.18 Å². The van der Waals surface area contributed by atoms with E-state index in [2.05, 4.69) is 15.0 Å². The fourth-order valence-corrected chi connectivity index (χ4v) is 2.90. The quantitative estimate of drug-likeness (QED) is 0.561. The van der Waals surface area contributed by atoms with Gasteiger partial charge in [0.25, 0.3) is 5.56 Å². The molecule has 27 heavy (non-hydrogen) atoms. The molecule has 0 atom stereocenters. The lowest BCUT2D eigenvalue weighted by atomic mass is 10.0. The molecule has 0 amide bonds. The number of alkyl halides is 3. The van der Waals surface area contributed by atoms with Crippen molar-refractivity contribution in [2.45, 2.75) is 12.6 Å². The van der Waals surface area contributed by atoms with E-state index in [9.17, 15) is 18.0 Å². The number of rotatable bonds is 3. The standard InChI is InChI=1S/C17H9Cl3F3N3O/c18-10-5-4-8(7-11(10)19)6-9-14(17(21,22)23)25-15(26-16(9)27)12-2-1-3-13(20)24-12/h1-5,7H,6H2,(H,25,26,27). The van der Waals surface area contributed by atoms with Crippen LogP contribution in [0.2, 0.25) is 15.2 Å². The van der Waals surface area contributed by atoms with Crippen molar-refractivity contribution in [2.24, 2.45) is 0 Å². The normalized spacial score (nSPS) is 11.6. The van der Waals surface area contributed by atoms with Crippen molar-refractivity contribution in [1.29, 1.82) is 0 Å². The lowest BCUT2D eigenvalue weighted by Crippen LogP contribution is -2.24. The lowest BCUT2D eigenvalue weighted by molar-refractivity contribution is -0.141. The largest absolute Gasteiger partial charge is 0.433 e. The molecule has 140 valence electrons. The second kappa shape index (κ2) is 7.50. The first-order valence-electron chi connectivity index (χ1n) is 7.42. The van der Waals surface area contributed by atoms with Crippen molar-refractivity contribution in [3.05, 3.63) is 78.8 Å². The molecular formula is C17H9Cl3F3N3O. The van der Waals surface area contributed by atoms with Gasteiger partial charge in [0.05, 0.1) is 15.6 Å². The van der Waals surface area contributed by atoms with Gasteiger partial charge in [0.2, 0.25) is 0 Å². The maximum absolute atomic E-state index is 13.5. The lowest BCUT2D eigenvalue weighted by Gasteiger charge is -2.13. The molecule has 0 aliphatic heterocycles. The minimum Gasteiger partial charge on any atom is -0.305 e. The molecule has 0 radical (unpaired) electrons. The molecule has 0 spiro atoms. The van der Waals surface area contributed by atoms with Crippen LogP contribution in [0.4, 0.5) is 13.2 Å². The number of nitrogens with zero attached hydrogens (tertiary/aromatic N) is 2. The number of nitrogens with one attached hydrogen (secondary N) is 1. The Bertz CT molecular complexity index is 1070. The van der Waals surface area contributed by atoms with Crippen LogP contribution < -0.4 is 5.56 Å². The first-order valence-corrected chi connectivity index (χ1v) is 8.56. The molecule has 1 N–H and O–H groups in total. The van der Waals surface area contributed by atoms with Crippen molar-refractivity contribution < 1.29 is 13.2 Å². The predicted molar refractivity (Wildman–Crippen MR) is 97.4 cm³/mol. The van der Waals surface area contributed by atoms with Gasteiger partial charge in [-0.25, -0.2) is 9.97 Å². The van der Waals surface area contributed by atoms with E-state index in [0.717, 1.165) is 0 Å². The van der Waals surface area contributed by atoms with Crippen molar-refractivity contribution in [2.75, 3.05) is 0 Å². The highest BCUT2D eigenvalue weighted by Crippen LogP contribution is 2.32. The fourth-order valence-electron chi connectivity index (χ4n) is 2.41. The Balaban J connectivity index is 2.13. The minimum absolute atomic E-state index is 0.0196. The van der Waals surface area contributed by atoms with Crippen LogP contribution in [0.25, 0.3) is 11.5 Å². The summed E-state index contributed by atoms with van der Waals surface area (Å²) in [5.41, 5.74) is -2.36. The molecule has 0 fully saturated rings. The van der Waals surface area contributed by atoms with Gasteiger partial charge in [-0.1, -0.05) is 46.9 Å². The Labute approximate surface area is 166 Å². The SMILES string of the molecule is O=c1[nH]c(-c2cccc(Cl)n2)nc(C(F)(F)F)c1Cc1ccc(Cl)c(Cl)c1. The van der Waals surface area contributed by atoms with E-state index in [1.165, 1.54) is 36.4 Å². The van der Waals surface area contributed by atoms with Crippen LogP contribution in [0.1, 0.15) is 16.8 Å². The second-order valence-electron chi connectivity index (χ2n) is 5.51. The highest BCUT2D eigenvalue weighted by molar-refractivity contribution is 6.42. The summed E-state index contributed by atoms with van der Waals surface area (Å²) in [7, 11) is 0. The summed E-state index contributed by atoms with van der Waals surface area (Å²) in [4.78, 5) is 22.2. The van der Waals surface area contributed by atoms with Crippen molar-refractivity contribution in [3.63, 3.8) is 0 Å². The Morgan fingerprint density at radius 3 is 2.37 bits per heavy atom. The molecular weight excluding hydrogens is 426 g/mol. The summed E-state index contributed by atoms with van der Waals surface area (Å²) in [6.07, 6.45) is -5.16. The number of aromatic nitrogens is 3. The van der Waals surface area contributed by atoms with E-state index in [4.69, 9.17) is 34.8 Å². The second-order valence-corrected chi connectivity index (χ2v) is 6.71. The summed E-state index contributed by atoms with van der Waals surface area (Å²) < 4.78 is 40.6. The molecule has 1 aromatic carbocycles. The molecule has 0 aliphatic carbocycles. The van der Waals surface area contributed by atoms with E-state index in [1.54, 1.807) is 0 Å². The minimum atomic E-state index is -4.84. The summed E-state index contributed by atoms with van der Waals surface area (Å²) in [6, 6.07) is 8.66. The number of hydrogen-bond acceptors (Lipinski definition) is 3. The molecule has 0 saturated carbocycles. The van der Waals surface area contributed by atoms with E-state index in [-0.39, 0.29) is 33.1 Å². The molecule has 3 rings (SSSR count). The van der Waals surface area contributed by atoms with Crippen LogP contribution in [0, 0.1) is 0 Å². The highest BCUT2D eigenvalue weighted by atomic mass is 35.5. The van der Waals surface area contributed by atoms with Crippen LogP contribution in [-0.2, 0) is 12.6 Å². The zero-order valence-electron chi connectivity index (χ0n) is 13.2. The molecule has 2 heterocycles. The third-order valence-corrected chi connectivity index (χ3v) is 4.56. The fraction of sp³-hybridized carbons (Fsp3) is 0.118. The molecule has 0 bridgehead atoms. The number of pyridine rings is 1. The van der Waals surface area contributed by atoms with Gasteiger partial charge in [0.15, 0.2) is 11.5 Å². The first-order chi connectivity index (χ1) is 12.6. The number of benzene rings is 1. The van der Waals surface area contributed by atoms with Crippen LogP contribution in [0.5, 0.6) is 0 Å². The Morgan fingerprint density at radius 2 is 1.74 bits per heavy atom. The van der Waals surface area contributed by atoms with Crippen LogP contribution in [0.3, 0.4) is 0 Å². The van der Waals surface area contributed by atoms with Crippen LogP contribution in [-0.4, -0.2) is 15.0 Å². The Kier molecular flexibility index (Phi) is 5.46. The summed E-state index contributed by atoms with van der Waals surface area (Å²) in [5.74, 6) is -0.326. The third-order valence-electron chi connectivity index (χ3n) is 3.61. The molecule has 0 aliphatic rings. The zero-order valence-corrected chi connectivity index (χ0v) is 15.5. The molecule has 3 aromatic rings. The molecule has 10 heteroatoms. The van der Waals surface area contributed by atoms with Crippen molar-refractivity contribution >= 4 is 34.8 Å². The highest BCUT2D eigenvalue weighted by Gasteiger charge is 2.37. The summed E-state index contributed by atoms with van der Waals surface area (Å²) >= 11 is 17.5. The summed E-state index contributed by atoms with van der Waals surface area (Å²) in [5, 5.41) is 0.487. The third kappa shape index (κ3) is 4.43. The van der Waals surface area contributed by atoms with Gasteiger partial charge in [-0.2, -0.15) is 13.2 Å². The van der Waals surface area contributed by atoms with Gasteiger partial charge in [0, 0.05) is 6.42 Å². The van der Waals surface area contributed by atoms with E-state index in [1.807, 2.05) is 0 Å². The van der Waals surface area contributed by atoms with E-state index < -0.39 is 23.0 Å². The molecule has 0 unspecified atom stereocenters. The van der Waals surface area contributed by atoms with Crippen LogP contribution in [0.15, 0.2) is 41.2 Å². The maximum Gasteiger partial charge on any atom is 0.433 e. The zero-order chi connectivity index (χ0) is 19.8. The number of halogens is 6. The van der Waals surface area contributed by atoms with Gasteiger partial charge in [-0.3, -0.25) is 4.79 Å². The van der Waals surface area contributed by atoms with Crippen molar-refractivity contribution in [3.8, 4) is 11.5 Å². The predicted octanol–water partition coefficient (Wildman–Crippen LogP) is 5.40. The molecule has 2 aromatic heterocycles. The number of hydrogen-bond donors (Lipinski definition) is 1. The van der Waals surface area contributed by atoms with E-state index in [0.29, 0.717) is 5.56 Å². The average molecular weight is 435 g/mol. The Morgan fingerprint density at radius 1 is 1.00 bits per heavy atom. The van der Waals surface area contributed by atoms with Gasteiger partial charge in [-0.15, -0.1) is 0 Å².